The van der Waals surface area contributed by atoms with Crippen LogP contribution in [0.2, 0.25) is 15.8 Å². The Hall–Kier alpha value is 0.0125. The first-order chi connectivity index (χ1) is 14.2. The Balaban J connectivity index is 3.57. The van der Waals surface area contributed by atoms with Crippen molar-refractivity contribution in [1.29, 1.82) is 0 Å². The van der Waals surface area contributed by atoms with E-state index in [2.05, 4.69) is 39.2 Å². The Bertz CT molecular complexity index is 305. The van der Waals surface area contributed by atoms with E-state index in [4.69, 9.17) is 0 Å². The zero-order valence-corrected chi connectivity index (χ0v) is 21.7. The molecule has 0 aliphatic carbocycles. The lowest BCUT2D eigenvalue weighted by molar-refractivity contribution is 0.573. The first kappa shape index (κ1) is 29.0. The minimum absolute atomic E-state index is 0.467. The summed E-state index contributed by atoms with van der Waals surface area (Å²) in [6.45, 7) is 12.5. The monoisotopic (exact) mass is 418 g/mol. The Labute approximate surface area is 190 Å². The van der Waals surface area contributed by atoms with E-state index in [0.717, 1.165) is 5.92 Å². The van der Waals surface area contributed by atoms with E-state index < -0.39 is 14.1 Å². The van der Waals surface area contributed by atoms with E-state index in [1.807, 2.05) is 0 Å². The van der Waals surface area contributed by atoms with Crippen LogP contribution in [0, 0.1) is 5.92 Å². The van der Waals surface area contributed by atoms with Gasteiger partial charge in [0.2, 0.25) is 0 Å². The van der Waals surface area contributed by atoms with Gasteiger partial charge in [-0.05, 0) is 25.7 Å². The number of hydrogen-bond donors (Lipinski definition) is 0. The molecular weight excluding hydrogens is 363 g/mol. The van der Waals surface area contributed by atoms with Gasteiger partial charge in [-0.2, -0.15) is 0 Å². The van der Waals surface area contributed by atoms with Crippen molar-refractivity contribution in [3.05, 3.63) is 25.3 Å². The molecule has 0 saturated carbocycles. The van der Waals surface area contributed by atoms with Gasteiger partial charge in [0.05, 0.1) is 0 Å². The van der Waals surface area contributed by atoms with Crippen LogP contribution >= 0.6 is 0 Å². The summed E-state index contributed by atoms with van der Waals surface area (Å²) in [6.07, 6.45) is 29.8. The summed E-state index contributed by atoms with van der Waals surface area (Å²) in [6, 6.07) is 0. The van der Waals surface area contributed by atoms with Crippen molar-refractivity contribution in [2.75, 3.05) is 0 Å². The Morgan fingerprint density at radius 3 is 1.14 bits per heavy atom. The molecule has 170 valence electrons. The molecule has 0 aliphatic rings. The quantitative estimate of drug-likeness (QED) is 0.0830. The Kier molecular flexibility index (Phi) is 24.3. The van der Waals surface area contributed by atoms with Gasteiger partial charge in [0, 0.05) is 0 Å². The molecule has 29 heavy (non-hydrogen) atoms. The fourth-order valence-electron chi connectivity index (χ4n) is 4.61. The molecule has 0 rings (SSSR count). The Morgan fingerprint density at radius 1 is 0.517 bits per heavy atom. The summed E-state index contributed by atoms with van der Waals surface area (Å²) in [7, 11) is 0. The van der Waals surface area contributed by atoms with E-state index >= 15 is 0 Å². The van der Waals surface area contributed by atoms with Gasteiger partial charge in [-0.15, -0.1) is 13.2 Å². The van der Waals surface area contributed by atoms with Gasteiger partial charge in [0.1, 0.15) is 0 Å². The van der Waals surface area contributed by atoms with Crippen LogP contribution in [0.4, 0.5) is 0 Å². The van der Waals surface area contributed by atoms with Crippen molar-refractivity contribution in [2.24, 2.45) is 5.92 Å². The molecule has 0 nitrogen and oxygen atoms in total. The fourth-order valence-corrected chi connectivity index (χ4v) is 8.44. The van der Waals surface area contributed by atoms with Crippen LogP contribution in [0.3, 0.4) is 0 Å². The largest absolute Gasteiger partial charge is 0.262 e. The fraction of sp³-hybridized carbons (Fsp3) is 0.857. The van der Waals surface area contributed by atoms with Crippen LogP contribution in [-0.4, -0.2) is 14.1 Å². The highest BCUT2D eigenvalue weighted by molar-refractivity contribution is 6.58. The minimum atomic E-state index is -0.467. The van der Waals surface area contributed by atoms with E-state index in [9.17, 15) is 0 Å². The van der Waals surface area contributed by atoms with Crippen molar-refractivity contribution in [3.8, 4) is 0 Å². The van der Waals surface area contributed by atoms with Gasteiger partial charge < -0.3 is 0 Å². The Morgan fingerprint density at radius 2 is 0.828 bits per heavy atom. The third-order valence-corrected chi connectivity index (χ3v) is 10.4. The third-order valence-electron chi connectivity index (χ3n) is 6.35. The van der Waals surface area contributed by atoms with Crippen LogP contribution in [0.1, 0.15) is 129 Å². The van der Waals surface area contributed by atoms with E-state index in [0.29, 0.717) is 0 Å². The maximum atomic E-state index is 3.81. The van der Waals surface area contributed by atoms with Crippen molar-refractivity contribution in [1.82, 2.24) is 0 Å². The van der Waals surface area contributed by atoms with Gasteiger partial charge in [0.15, 0.2) is 0 Å². The topological polar surface area (TPSA) is 0 Å². The van der Waals surface area contributed by atoms with Crippen molar-refractivity contribution < 1.29 is 0 Å². The molecule has 0 aromatic heterocycles. The van der Waals surface area contributed by atoms with E-state index in [1.54, 1.807) is 15.8 Å². The molecular formula is C28H55Al. The normalized spacial score (nSPS) is 11.1. The highest BCUT2D eigenvalue weighted by Crippen LogP contribution is 2.21. The zero-order valence-electron chi connectivity index (χ0n) is 20.6. The molecule has 0 bridgehead atoms. The molecule has 0 aromatic carbocycles. The summed E-state index contributed by atoms with van der Waals surface area (Å²) >= 11 is -0.467. The first-order valence-electron chi connectivity index (χ1n) is 13.4. The summed E-state index contributed by atoms with van der Waals surface area (Å²) in [5, 5.41) is 4.84. The minimum Gasteiger partial charge on any atom is -0.103 e. The molecule has 0 saturated heterocycles. The second-order valence-electron chi connectivity index (χ2n) is 9.88. The lowest BCUT2D eigenvalue weighted by Gasteiger charge is -2.14. The van der Waals surface area contributed by atoms with Gasteiger partial charge in [-0.25, -0.2) is 0 Å². The number of unbranched alkanes of at least 4 members (excludes halogenated alkanes) is 16. The molecule has 0 aliphatic heterocycles. The number of rotatable bonds is 24. The van der Waals surface area contributed by atoms with Crippen molar-refractivity contribution in [2.45, 2.75) is 145 Å². The summed E-state index contributed by atoms with van der Waals surface area (Å²) < 4.78 is 0. The standard InChI is InChI=1S/2C12H23.C4H9.Al/c2*1-3-5-7-9-11-12-10-8-6-4-2;1-4(2)3;/h2*3H,1-2,4-12H2;4H,1H2,2-3H3;. The number of hydrogen-bond acceptors (Lipinski definition) is 0. The maximum absolute atomic E-state index is 3.81. The van der Waals surface area contributed by atoms with Gasteiger partial charge in [-0.1, -0.05) is 138 Å². The highest BCUT2D eigenvalue weighted by atomic mass is 27.2. The van der Waals surface area contributed by atoms with Crippen LogP contribution in [0.25, 0.3) is 0 Å². The molecule has 0 unspecified atom stereocenters. The third kappa shape index (κ3) is 24.2. The van der Waals surface area contributed by atoms with E-state index in [1.165, 1.54) is 116 Å². The summed E-state index contributed by atoms with van der Waals surface area (Å²) in [4.78, 5) is 0. The lowest BCUT2D eigenvalue weighted by atomic mass is 10.1. The molecule has 0 N–H and O–H groups in total. The predicted molar refractivity (Wildman–Crippen MR) is 139 cm³/mol. The van der Waals surface area contributed by atoms with Crippen LogP contribution in [0.5, 0.6) is 0 Å². The maximum Gasteiger partial charge on any atom is 0.262 e. The predicted octanol–water partition coefficient (Wildman–Crippen LogP) is 10.5. The first-order valence-corrected chi connectivity index (χ1v) is 15.9. The molecule has 0 radical (unpaired) electrons. The molecule has 0 spiro atoms. The summed E-state index contributed by atoms with van der Waals surface area (Å²) in [5.41, 5.74) is 0. The second kappa shape index (κ2) is 24.3. The molecule has 0 aromatic rings. The lowest BCUT2D eigenvalue weighted by Crippen LogP contribution is -2.14. The molecule has 0 amide bonds. The molecule has 0 fully saturated rings. The highest BCUT2D eigenvalue weighted by Gasteiger charge is 2.17. The van der Waals surface area contributed by atoms with Crippen LogP contribution in [-0.2, 0) is 0 Å². The van der Waals surface area contributed by atoms with Crippen LogP contribution < -0.4 is 0 Å². The van der Waals surface area contributed by atoms with E-state index in [-0.39, 0.29) is 0 Å². The molecule has 1 heteroatoms. The number of allylic oxidation sites excluding steroid dienone is 2. The van der Waals surface area contributed by atoms with Gasteiger partial charge >= 0.3 is 0 Å². The SMILES string of the molecule is C=CCCCCCCCCC[CH2][Al]([CH2]CCCCCCCCCC=C)[CH2]C(C)C. The smallest absolute Gasteiger partial charge is 0.103 e. The van der Waals surface area contributed by atoms with Crippen molar-refractivity contribution >= 4 is 14.1 Å². The van der Waals surface area contributed by atoms with Crippen molar-refractivity contribution in [3.63, 3.8) is 0 Å². The van der Waals surface area contributed by atoms with Gasteiger partial charge in [-0.3, -0.25) is 0 Å². The zero-order chi connectivity index (χ0) is 21.4. The summed E-state index contributed by atoms with van der Waals surface area (Å²) in [5.74, 6) is 0.929. The average Bonchev–Trinajstić information content (AvgIpc) is 2.70. The van der Waals surface area contributed by atoms with Crippen LogP contribution in [0.15, 0.2) is 25.3 Å². The second-order valence-corrected chi connectivity index (χ2v) is 13.2. The molecule has 0 heterocycles. The van der Waals surface area contributed by atoms with Gasteiger partial charge in [0.25, 0.3) is 14.1 Å². The average molecular weight is 419 g/mol. The molecule has 0 atom stereocenters.